The Morgan fingerprint density at radius 2 is 1.20 bits per heavy atom. The smallest absolute Gasteiger partial charge is 0.136 e. The lowest BCUT2D eigenvalue weighted by Gasteiger charge is -2.29. The molecule has 0 saturated heterocycles. The van der Waals surface area contributed by atoms with E-state index in [1.165, 1.54) is 16.2 Å². The number of rotatable bonds is 7. The first-order valence-electron chi connectivity index (χ1n) is 15.6. The van der Waals surface area contributed by atoms with E-state index < -0.39 is 0 Å². The Kier molecular flexibility index (Phi) is 7.01. The van der Waals surface area contributed by atoms with E-state index in [1.807, 2.05) is 12.1 Å². The lowest BCUT2D eigenvalue weighted by Crippen LogP contribution is -2.16. The highest BCUT2D eigenvalue weighted by atomic mass is 16.3. The molecule has 0 bridgehead atoms. The summed E-state index contributed by atoms with van der Waals surface area (Å²) in [7, 11) is 0. The van der Waals surface area contributed by atoms with Gasteiger partial charge in [-0.25, -0.2) is 0 Å². The molecule has 7 aromatic carbocycles. The predicted octanol–water partition coefficient (Wildman–Crippen LogP) is 12.5. The summed E-state index contributed by atoms with van der Waals surface area (Å²) in [6.07, 6.45) is 8.30. The molecule has 0 aliphatic rings. The van der Waals surface area contributed by atoms with Crippen LogP contribution in [-0.4, -0.2) is 0 Å². The predicted molar refractivity (Wildman–Crippen MR) is 197 cm³/mol. The van der Waals surface area contributed by atoms with Crippen LogP contribution in [-0.2, 0) is 0 Å². The second kappa shape index (κ2) is 11.8. The third kappa shape index (κ3) is 4.87. The highest BCUT2D eigenvalue weighted by molar-refractivity contribution is 6.16. The van der Waals surface area contributed by atoms with E-state index in [0.29, 0.717) is 0 Å². The molecule has 0 unspecified atom stereocenters. The molecule has 0 amide bonds. The first kappa shape index (κ1) is 27.4. The average molecular weight is 590 g/mol. The van der Waals surface area contributed by atoms with Crippen LogP contribution < -0.4 is 4.90 Å². The highest BCUT2D eigenvalue weighted by Gasteiger charge is 2.21. The summed E-state index contributed by atoms with van der Waals surface area (Å²) in [5.41, 5.74) is 8.24. The summed E-state index contributed by atoms with van der Waals surface area (Å²) in [6, 6.07) is 53.3. The first-order chi connectivity index (χ1) is 22.8. The standard InChI is InChI=1S/C44H31NO/c1-2-35(22-12-17-31-15-4-3-5-16-31)45(40-27-13-21-32-18-8-9-23-36(32)40)41-26-11-10-24-37(41)38-25-14-28-42-44(38)39-29-33-19-6-7-20-34(33)30-43(39)46-42/h2-30H,1H2/b17-12+,35-22+. The third-order valence-electron chi connectivity index (χ3n) is 8.63. The highest BCUT2D eigenvalue weighted by Crippen LogP contribution is 2.45. The number of hydrogen-bond acceptors (Lipinski definition) is 2. The van der Waals surface area contributed by atoms with Crippen molar-refractivity contribution in [2.24, 2.45) is 0 Å². The van der Waals surface area contributed by atoms with E-state index in [1.54, 1.807) is 0 Å². The minimum absolute atomic E-state index is 0.875. The average Bonchev–Trinajstić information content (AvgIpc) is 3.48. The van der Waals surface area contributed by atoms with Crippen LogP contribution >= 0.6 is 0 Å². The summed E-state index contributed by atoms with van der Waals surface area (Å²) in [5.74, 6) is 0. The molecule has 2 nitrogen and oxygen atoms in total. The molecule has 0 N–H and O–H groups in total. The minimum Gasteiger partial charge on any atom is -0.456 e. The fraction of sp³-hybridized carbons (Fsp3) is 0. The summed E-state index contributed by atoms with van der Waals surface area (Å²) >= 11 is 0. The second-order valence-corrected chi connectivity index (χ2v) is 11.4. The number of nitrogens with zero attached hydrogens (tertiary/aromatic N) is 1. The zero-order valence-electron chi connectivity index (χ0n) is 25.3. The summed E-state index contributed by atoms with van der Waals surface area (Å²) in [6.45, 7) is 4.29. The molecule has 0 radical (unpaired) electrons. The molecule has 1 aromatic heterocycles. The zero-order chi connectivity index (χ0) is 30.9. The van der Waals surface area contributed by atoms with Gasteiger partial charge in [0.05, 0.1) is 11.4 Å². The van der Waals surface area contributed by atoms with Crippen LogP contribution in [0, 0.1) is 0 Å². The van der Waals surface area contributed by atoms with Gasteiger partial charge in [0.2, 0.25) is 0 Å². The molecule has 8 aromatic rings. The van der Waals surface area contributed by atoms with Gasteiger partial charge >= 0.3 is 0 Å². The maximum absolute atomic E-state index is 6.48. The van der Waals surface area contributed by atoms with Gasteiger partial charge in [0.15, 0.2) is 0 Å². The molecular weight excluding hydrogens is 558 g/mol. The van der Waals surface area contributed by atoms with Crippen molar-refractivity contribution in [1.82, 2.24) is 0 Å². The van der Waals surface area contributed by atoms with Crippen LogP contribution in [0.5, 0.6) is 0 Å². The van der Waals surface area contributed by atoms with Gasteiger partial charge in [0.25, 0.3) is 0 Å². The van der Waals surface area contributed by atoms with E-state index in [4.69, 9.17) is 4.42 Å². The minimum atomic E-state index is 0.875. The summed E-state index contributed by atoms with van der Waals surface area (Å²) in [4.78, 5) is 2.33. The molecule has 0 atom stereocenters. The van der Waals surface area contributed by atoms with Crippen molar-refractivity contribution in [3.05, 3.63) is 188 Å². The molecule has 2 heteroatoms. The van der Waals surface area contributed by atoms with E-state index in [0.717, 1.165) is 61.1 Å². The van der Waals surface area contributed by atoms with Crippen molar-refractivity contribution in [3.8, 4) is 11.1 Å². The zero-order valence-corrected chi connectivity index (χ0v) is 25.3. The molecule has 0 spiro atoms. The summed E-state index contributed by atoms with van der Waals surface area (Å²) < 4.78 is 6.48. The Bertz CT molecular complexity index is 2440. The molecule has 218 valence electrons. The van der Waals surface area contributed by atoms with Gasteiger partial charge in [0.1, 0.15) is 11.2 Å². The van der Waals surface area contributed by atoms with Crippen LogP contribution in [0.15, 0.2) is 187 Å². The lowest BCUT2D eigenvalue weighted by atomic mass is 9.95. The van der Waals surface area contributed by atoms with Crippen LogP contribution in [0.1, 0.15) is 5.56 Å². The molecule has 0 fully saturated rings. The SMILES string of the molecule is C=C/C(=C\C=C\c1ccccc1)N(c1ccccc1-c1cccc2oc3cc4ccccc4cc3c12)c1cccc2ccccc12. The van der Waals surface area contributed by atoms with Crippen LogP contribution in [0.2, 0.25) is 0 Å². The van der Waals surface area contributed by atoms with E-state index in [-0.39, 0.29) is 0 Å². The largest absolute Gasteiger partial charge is 0.456 e. The molecule has 0 saturated carbocycles. The van der Waals surface area contributed by atoms with Crippen molar-refractivity contribution < 1.29 is 4.42 Å². The fourth-order valence-electron chi connectivity index (χ4n) is 6.50. The van der Waals surface area contributed by atoms with E-state index >= 15 is 0 Å². The van der Waals surface area contributed by atoms with Gasteiger partial charge in [-0.2, -0.15) is 0 Å². The number of anilines is 2. The Morgan fingerprint density at radius 3 is 2.04 bits per heavy atom. The van der Waals surface area contributed by atoms with E-state index in [2.05, 4.69) is 175 Å². The van der Waals surface area contributed by atoms with Crippen LogP contribution in [0.25, 0.3) is 60.7 Å². The number of benzene rings is 7. The van der Waals surface area contributed by atoms with Gasteiger partial charge in [-0.15, -0.1) is 0 Å². The third-order valence-corrected chi connectivity index (χ3v) is 8.63. The Labute approximate surface area is 268 Å². The molecule has 0 aliphatic carbocycles. The van der Waals surface area contributed by atoms with Gasteiger partial charge in [-0.05, 0) is 69.8 Å². The van der Waals surface area contributed by atoms with E-state index in [9.17, 15) is 0 Å². The first-order valence-corrected chi connectivity index (χ1v) is 15.6. The van der Waals surface area contributed by atoms with Crippen molar-refractivity contribution in [2.75, 3.05) is 4.90 Å². The van der Waals surface area contributed by atoms with Crippen LogP contribution in [0.3, 0.4) is 0 Å². The van der Waals surface area contributed by atoms with Crippen molar-refractivity contribution in [3.63, 3.8) is 0 Å². The maximum atomic E-state index is 6.48. The molecule has 1 heterocycles. The van der Waals surface area contributed by atoms with Crippen molar-refractivity contribution >= 4 is 60.9 Å². The van der Waals surface area contributed by atoms with Gasteiger partial charge < -0.3 is 9.32 Å². The molecule has 8 rings (SSSR count). The molecule has 46 heavy (non-hydrogen) atoms. The number of fused-ring (bicyclic) bond motifs is 5. The Hall–Kier alpha value is -6.12. The fourth-order valence-corrected chi connectivity index (χ4v) is 6.50. The Morgan fingerprint density at radius 1 is 0.543 bits per heavy atom. The number of allylic oxidation sites excluding steroid dienone is 3. The Balaban J connectivity index is 1.38. The molecular formula is C44H31NO. The van der Waals surface area contributed by atoms with Gasteiger partial charge in [-0.3, -0.25) is 0 Å². The quantitative estimate of drug-likeness (QED) is 0.172. The summed E-state index contributed by atoms with van der Waals surface area (Å²) in [5, 5.41) is 6.93. The topological polar surface area (TPSA) is 16.4 Å². The second-order valence-electron chi connectivity index (χ2n) is 11.4. The monoisotopic (exact) mass is 589 g/mol. The lowest BCUT2D eigenvalue weighted by molar-refractivity contribution is 0.669. The van der Waals surface area contributed by atoms with Crippen molar-refractivity contribution in [2.45, 2.75) is 0 Å². The van der Waals surface area contributed by atoms with Crippen LogP contribution in [0.4, 0.5) is 11.4 Å². The molecule has 0 aliphatic heterocycles. The number of hydrogen-bond donors (Lipinski definition) is 0. The normalized spacial score (nSPS) is 12.0. The number of furan rings is 1. The maximum Gasteiger partial charge on any atom is 0.136 e. The van der Waals surface area contributed by atoms with Crippen molar-refractivity contribution in [1.29, 1.82) is 0 Å². The number of para-hydroxylation sites is 1. The van der Waals surface area contributed by atoms with Gasteiger partial charge in [-0.1, -0.05) is 140 Å². The van der Waals surface area contributed by atoms with Gasteiger partial charge in [0, 0.05) is 27.4 Å².